The van der Waals surface area contributed by atoms with Crippen LogP contribution in [0.25, 0.3) is 0 Å². The monoisotopic (exact) mass is 1120 g/mol. The molecule has 0 saturated carbocycles. The molecule has 12 heteroatoms. The van der Waals surface area contributed by atoms with Crippen LogP contribution in [-0.2, 0) is 42.2 Å². The van der Waals surface area contributed by atoms with Gasteiger partial charge in [-0.15, -0.1) is 0 Å². The van der Waals surface area contributed by atoms with E-state index in [0.717, 1.165) is 122 Å². The number of phosphoric acid groups is 1. The predicted octanol–water partition coefficient (Wildman–Crippen LogP) is 19.3. The van der Waals surface area contributed by atoms with Crippen LogP contribution in [0.1, 0.15) is 290 Å². The average Bonchev–Trinajstić information content (AvgIpc) is 3.43. The Morgan fingerprint density at radius 1 is 0.359 bits per heavy atom. The zero-order valence-electron chi connectivity index (χ0n) is 50.1. The minimum Gasteiger partial charge on any atom is -0.462 e. The highest BCUT2D eigenvalue weighted by Crippen LogP contribution is 2.43. The van der Waals surface area contributed by atoms with Gasteiger partial charge in [0, 0.05) is 19.3 Å². The zero-order chi connectivity index (χ0) is 56.9. The molecule has 3 atom stereocenters. The molecule has 0 fully saturated rings. The van der Waals surface area contributed by atoms with Crippen molar-refractivity contribution in [2.75, 3.05) is 26.4 Å². The van der Waals surface area contributed by atoms with Gasteiger partial charge in [0.25, 0.3) is 0 Å². The van der Waals surface area contributed by atoms with Crippen LogP contribution in [0.4, 0.5) is 0 Å². The van der Waals surface area contributed by atoms with E-state index >= 15 is 0 Å². The molecule has 11 nitrogen and oxygen atoms in total. The van der Waals surface area contributed by atoms with Crippen LogP contribution in [-0.4, -0.2) is 66.5 Å². The Hall–Kier alpha value is -3.08. The molecule has 0 aromatic carbocycles. The molecule has 2 N–H and O–H groups in total. The molecular formula is C66H117O11P. The molecule has 452 valence electrons. The van der Waals surface area contributed by atoms with E-state index in [-0.39, 0.29) is 25.9 Å². The van der Waals surface area contributed by atoms with Gasteiger partial charge in [-0.05, 0) is 116 Å². The van der Waals surface area contributed by atoms with Gasteiger partial charge in [0.2, 0.25) is 0 Å². The number of phosphoric ester groups is 1. The van der Waals surface area contributed by atoms with E-state index in [1.807, 2.05) is 0 Å². The van der Waals surface area contributed by atoms with Gasteiger partial charge in [0.05, 0.1) is 19.8 Å². The highest BCUT2D eigenvalue weighted by molar-refractivity contribution is 7.47. The Morgan fingerprint density at radius 2 is 0.628 bits per heavy atom. The van der Waals surface area contributed by atoms with Crippen LogP contribution in [0.15, 0.2) is 72.9 Å². The number of hydrogen-bond acceptors (Lipinski definition) is 10. The molecular weight excluding hydrogens is 1000 g/mol. The summed E-state index contributed by atoms with van der Waals surface area (Å²) in [4.78, 5) is 48.7. The fourth-order valence-electron chi connectivity index (χ4n) is 8.68. The smallest absolute Gasteiger partial charge is 0.462 e. The average molecular weight is 1120 g/mol. The quantitative estimate of drug-likeness (QED) is 0.0197. The number of aliphatic hydroxyl groups excluding tert-OH is 1. The number of esters is 3. The summed E-state index contributed by atoms with van der Waals surface area (Å²) in [6.45, 7) is 4.59. The lowest BCUT2D eigenvalue weighted by Crippen LogP contribution is -2.30. The second kappa shape index (κ2) is 60.0. The lowest BCUT2D eigenvalue weighted by atomic mass is 10.1. The molecule has 0 amide bonds. The third-order valence-electron chi connectivity index (χ3n) is 13.6. The SMILES string of the molecule is CCCCC/C=C\C/C=C\C/C=C\CCCCCCCCC(=O)OC(COC(=O)CCCCCCCCC/C=C\CCCCCCCC)COP(=O)(O)OCC(CO)OC(=O)CCCCCCC/C=C\C/C=C\CCCCC. The molecule has 0 spiro atoms. The van der Waals surface area contributed by atoms with E-state index < -0.39 is 57.8 Å². The lowest BCUT2D eigenvalue weighted by molar-refractivity contribution is -0.161. The first-order valence-corrected chi connectivity index (χ1v) is 33.3. The maximum Gasteiger partial charge on any atom is 0.472 e. The summed E-state index contributed by atoms with van der Waals surface area (Å²) < 4.78 is 39.6. The molecule has 0 aliphatic rings. The molecule has 0 aliphatic heterocycles. The molecule has 0 saturated heterocycles. The van der Waals surface area contributed by atoms with E-state index in [2.05, 4.69) is 93.7 Å². The Morgan fingerprint density at radius 3 is 1.00 bits per heavy atom. The first kappa shape index (κ1) is 74.9. The normalized spacial score (nSPS) is 13.8. The topological polar surface area (TPSA) is 155 Å². The molecule has 0 aromatic heterocycles. The van der Waals surface area contributed by atoms with Crippen molar-refractivity contribution in [2.45, 2.75) is 303 Å². The third-order valence-corrected chi connectivity index (χ3v) is 14.5. The van der Waals surface area contributed by atoms with Crippen molar-refractivity contribution in [1.29, 1.82) is 0 Å². The van der Waals surface area contributed by atoms with Crippen molar-refractivity contribution in [3.8, 4) is 0 Å². The molecule has 3 unspecified atom stereocenters. The summed E-state index contributed by atoms with van der Waals surface area (Å²) >= 11 is 0. The van der Waals surface area contributed by atoms with Crippen LogP contribution in [0, 0.1) is 0 Å². The van der Waals surface area contributed by atoms with Crippen LogP contribution in [0.2, 0.25) is 0 Å². The Kier molecular flexibility index (Phi) is 57.7. The third kappa shape index (κ3) is 57.6. The second-order valence-corrected chi connectivity index (χ2v) is 22.7. The molecule has 0 bridgehead atoms. The van der Waals surface area contributed by atoms with Crippen LogP contribution in [0.5, 0.6) is 0 Å². The maximum atomic E-state index is 13.0. The number of hydrogen-bond donors (Lipinski definition) is 2. The summed E-state index contributed by atoms with van der Waals surface area (Å²) in [6, 6.07) is 0. The van der Waals surface area contributed by atoms with Gasteiger partial charge in [0.15, 0.2) is 6.10 Å². The maximum absolute atomic E-state index is 13.0. The number of aliphatic hydroxyl groups is 1. The van der Waals surface area contributed by atoms with Gasteiger partial charge in [-0.25, -0.2) is 4.57 Å². The number of unbranched alkanes of at least 4 members (excludes halogenated alkanes) is 30. The zero-order valence-corrected chi connectivity index (χ0v) is 51.0. The lowest BCUT2D eigenvalue weighted by Gasteiger charge is -2.21. The molecule has 0 rings (SSSR count). The van der Waals surface area contributed by atoms with Crippen molar-refractivity contribution in [3.05, 3.63) is 72.9 Å². The fourth-order valence-corrected chi connectivity index (χ4v) is 9.47. The summed E-state index contributed by atoms with van der Waals surface area (Å²) in [7, 11) is -4.76. The number of carbonyl (C=O) groups is 3. The number of allylic oxidation sites excluding steroid dienone is 12. The largest absolute Gasteiger partial charge is 0.472 e. The van der Waals surface area contributed by atoms with E-state index in [1.54, 1.807) is 0 Å². The molecule has 78 heavy (non-hydrogen) atoms. The second-order valence-electron chi connectivity index (χ2n) is 21.2. The van der Waals surface area contributed by atoms with E-state index in [9.17, 15) is 28.9 Å². The number of rotatable bonds is 59. The van der Waals surface area contributed by atoms with Gasteiger partial charge in [0.1, 0.15) is 12.7 Å². The summed E-state index contributed by atoms with van der Waals surface area (Å²) in [5, 5.41) is 9.84. The van der Waals surface area contributed by atoms with E-state index in [4.69, 9.17) is 23.3 Å². The van der Waals surface area contributed by atoms with E-state index in [0.29, 0.717) is 19.3 Å². The van der Waals surface area contributed by atoms with Crippen LogP contribution < -0.4 is 0 Å². The van der Waals surface area contributed by atoms with Crippen molar-refractivity contribution in [2.24, 2.45) is 0 Å². The van der Waals surface area contributed by atoms with Crippen molar-refractivity contribution >= 4 is 25.7 Å². The Labute approximate surface area is 478 Å². The summed E-state index contributed by atoms with van der Waals surface area (Å²) in [5.74, 6) is -1.49. The first-order valence-electron chi connectivity index (χ1n) is 31.8. The highest BCUT2D eigenvalue weighted by atomic mass is 31.2. The van der Waals surface area contributed by atoms with Gasteiger partial charge < -0.3 is 24.2 Å². The Balaban J connectivity index is 4.75. The predicted molar refractivity (Wildman–Crippen MR) is 325 cm³/mol. The van der Waals surface area contributed by atoms with Crippen LogP contribution >= 0.6 is 7.82 Å². The number of carbonyl (C=O) groups excluding carboxylic acids is 3. The Bertz CT molecular complexity index is 1590. The first-order chi connectivity index (χ1) is 38.2. The van der Waals surface area contributed by atoms with Gasteiger partial charge >= 0.3 is 25.7 Å². The summed E-state index contributed by atoms with van der Waals surface area (Å²) in [6.07, 6.45) is 68.4. The molecule has 0 aromatic rings. The molecule has 0 heterocycles. The van der Waals surface area contributed by atoms with E-state index in [1.165, 1.54) is 109 Å². The number of ether oxygens (including phenoxy) is 3. The van der Waals surface area contributed by atoms with Gasteiger partial charge in [-0.3, -0.25) is 23.4 Å². The van der Waals surface area contributed by atoms with Gasteiger partial charge in [-0.1, -0.05) is 229 Å². The minimum atomic E-state index is -4.76. The van der Waals surface area contributed by atoms with Crippen molar-refractivity contribution in [3.63, 3.8) is 0 Å². The standard InChI is InChI=1S/C66H117O11P/c1-4-7-10-13-16-19-22-25-28-30-31-33-36-39-42-45-48-51-54-57-66(70)77-63(59-73-64(68)55-52-49-46-43-40-37-35-32-29-26-23-20-17-14-11-8-5-2)61-75-78(71,72)74-60-62(58-67)76-65(69)56-53-50-47-44-41-38-34-27-24-21-18-15-12-9-6-3/h16,18-19,21,25-29,31,33-34,62-63,67H,4-15,17,20,22-24,30,32,35-61H2,1-3H3,(H,71,72)/b19-16-,21-18-,28-25-,29-26-,33-31-,34-27-. The minimum absolute atomic E-state index is 0.150. The molecule has 0 aliphatic carbocycles. The van der Waals surface area contributed by atoms with Crippen molar-refractivity contribution in [1.82, 2.24) is 0 Å². The molecule has 0 radical (unpaired) electrons. The fraction of sp³-hybridized carbons (Fsp3) is 0.773. The summed E-state index contributed by atoms with van der Waals surface area (Å²) in [5.41, 5.74) is 0. The highest BCUT2D eigenvalue weighted by Gasteiger charge is 2.28. The van der Waals surface area contributed by atoms with Gasteiger partial charge in [-0.2, -0.15) is 0 Å². The van der Waals surface area contributed by atoms with Crippen molar-refractivity contribution < 1.29 is 52.2 Å². The van der Waals surface area contributed by atoms with Crippen LogP contribution in [0.3, 0.4) is 0 Å².